The molecule has 2 aromatic heterocycles. The van der Waals surface area contributed by atoms with Crippen LogP contribution in [0, 0.1) is 12.8 Å². The molecule has 0 spiro atoms. The van der Waals surface area contributed by atoms with Gasteiger partial charge < -0.3 is 18.9 Å². The first kappa shape index (κ1) is 19.2. The summed E-state index contributed by atoms with van der Waals surface area (Å²) in [5.41, 5.74) is 1.94. The van der Waals surface area contributed by atoms with E-state index in [9.17, 15) is 9.90 Å². The Morgan fingerprint density at radius 1 is 1.29 bits per heavy atom. The molecule has 4 heterocycles. The van der Waals surface area contributed by atoms with E-state index in [2.05, 4.69) is 17.0 Å². The van der Waals surface area contributed by atoms with Gasteiger partial charge in [-0.3, -0.25) is 9.69 Å². The van der Waals surface area contributed by atoms with Crippen molar-refractivity contribution in [2.75, 3.05) is 26.2 Å². The van der Waals surface area contributed by atoms with Gasteiger partial charge in [0.15, 0.2) is 5.76 Å². The predicted octanol–water partition coefficient (Wildman–Crippen LogP) is 2.41. The maximum absolute atomic E-state index is 13.0. The molecule has 152 valence electrons. The number of aliphatic hydroxyl groups excluding tert-OH is 1. The molecule has 0 radical (unpaired) electrons. The number of aromatic nitrogens is 1. The third-order valence-corrected chi connectivity index (χ3v) is 5.86. The summed E-state index contributed by atoms with van der Waals surface area (Å²) in [6, 6.07) is 3.78. The first-order valence-corrected chi connectivity index (χ1v) is 10.3. The first-order valence-electron chi connectivity index (χ1n) is 10.3. The largest absolute Gasteiger partial charge is 0.456 e. The smallest absolute Gasteiger partial charge is 0.289 e. The van der Waals surface area contributed by atoms with Gasteiger partial charge in [0.25, 0.3) is 5.91 Å². The summed E-state index contributed by atoms with van der Waals surface area (Å²) < 4.78 is 11.2. The Morgan fingerprint density at radius 2 is 2.07 bits per heavy atom. The van der Waals surface area contributed by atoms with Crippen LogP contribution in [0.5, 0.6) is 0 Å². The lowest BCUT2D eigenvalue weighted by atomic mass is 10.0. The molecule has 0 saturated carbocycles. The molecule has 2 saturated heterocycles. The fraction of sp³-hybridized carbons (Fsp3) is 0.619. The molecule has 2 unspecified atom stereocenters. The van der Waals surface area contributed by atoms with Crippen molar-refractivity contribution >= 4 is 5.91 Å². The number of aryl methyl sites for hydroxylation is 2. The van der Waals surface area contributed by atoms with Crippen molar-refractivity contribution in [2.45, 2.75) is 52.2 Å². The van der Waals surface area contributed by atoms with Gasteiger partial charge in [-0.25, -0.2) is 0 Å². The van der Waals surface area contributed by atoms with Crippen LogP contribution in [0.3, 0.4) is 0 Å². The van der Waals surface area contributed by atoms with Gasteiger partial charge in [0.05, 0.1) is 11.8 Å². The highest BCUT2D eigenvalue weighted by Crippen LogP contribution is 2.26. The molecule has 2 aromatic rings. The molecule has 0 bridgehead atoms. The Kier molecular flexibility index (Phi) is 5.55. The van der Waals surface area contributed by atoms with E-state index in [0.29, 0.717) is 25.3 Å². The van der Waals surface area contributed by atoms with E-state index in [-0.39, 0.29) is 11.8 Å². The number of aliphatic hydroxyl groups is 1. The fourth-order valence-corrected chi connectivity index (χ4v) is 4.33. The van der Waals surface area contributed by atoms with Gasteiger partial charge in [-0.15, -0.1) is 0 Å². The van der Waals surface area contributed by atoms with E-state index in [1.807, 2.05) is 19.1 Å². The molecule has 0 aromatic carbocycles. The molecule has 2 aliphatic heterocycles. The van der Waals surface area contributed by atoms with E-state index < -0.39 is 6.10 Å². The molecule has 7 heteroatoms. The van der Waals surface area contributed by atoms with Crippen molar-refractivity contribution in [3.63, 3.8) is 0 Å². The number of amides is 1. The third kappa shape index (κ3) is 4.00. The molecule has 0 aliphatic carbocycles. The summed E-state index contributed by atoms with van der Waals surface area (Å²) in [6.45, 7) is 7.79. The zero-order chi connectivity index (χ0) is 19.7. The summed E-state index contributed by atoms with van der Waals surface area (Å²) in [7, 11) is 0. The molecule has 2 fully saturated rings. The van der Waals surface area contributed by atoms with Gasteiger partial charge in [-0.2, -0.15) is 0 Å². The molecule has 2 atom stereocenters. The minimum absolute atomic E-state index is 0.0546. The number of β-amino-alcohol motifs (C(OH)–C–C–N with tert-alkyl or cyclic N) is 1. The summed E-state index contributed by atoms with van der Waals surface area (Å²) in [5.74, 6) is 1.83. The summed E-state index contributed by atoms with van der Waals surface area (Å²) in [5, 5.41) is 14.3. The number of nitrogens with zero attached hydrogens (tertiary/aromatic N) is 3. The van der Waals surface area contributed by atoms with E-state index in [0.717, 1.165) is 48.8 Å². The van der Waals surface area contributed by atoms with Gasteiger partial charge in [0.1, 0.15) is 11.5 Å². The highest BCUT2D eigenvalue weighted by molar-refractivity contribution is 5.92. The van der Waals surface area contributed by atoms with Gasteiger partial charge in [-0.05, 0) is 38.9 Å². The molecule has 7 nitrogen and oxygen atoms in total. The van der Waals surface area contributed by atoms with Crippen LogP contribution in [0.15, 0.2) is 21.1 Å². The lowest BCUT2D eigenvalue weighted by Crippen LogP contribution is -2.29. The van der Waals surface area contributed by atoms with Crippen LogP contribution >= 0.6 is 0 Å². The Bertz CT molecular complexity index is 821. The zero-order valence-corrected chi connectivity index (χ0v) is 16.7. The summed E-state index contributed by atoms with van der Waals surface area (Å²) in [6.07, 6.45) is 3.25. The van der Waals surface area contributed by atoms with E-state index >= 15 is 0 Å². The molecule has 1 amide bonds. The van der Waals surface area contributed by atoms with Gasteiger partial charge in [0.2, 0.25) is 0 Å². The Balaban J connectivity index is 1.43. The lowest BCUT2D eigenvalue weighted by Gasteiger charge is -2.14. The topological polar surface area (TPSA) is 83.0 Å². The number of furan rings is 1. The lowest BCUT2D eigenvalue weighted by molar-refractivity contribution is 0.0732. The average Bonchev–Trinajstić information content (AvgIpc) is 3.45. The number of hydrogen-bond acceptors (Lipinski definition) is 6. The molecular formula is C21H29N3O4. The first-order chi connectivity index (χ1) is 13.5. The maximum atomic E-state index is 13.0. The van der Waals surface area contributed by atoms with Crippen molar-refractivity contribution in [1.82, 2.24) is 15.0 Å². The molecule has 1 N–H and O–H groups in total. The molecule has 4 rings (SSSR count). The van der Waals surface area contributed by atoms with Crippen LogP contribution in [0.25, 0.3) is 0 Å². The van der Waals surface area contributed by atoms with Crippen LogP contribution in [0.1, 0.15) is 53.1 Å². The summed E-state index contributed by atoms with van der Waals surface area (Å²) in [4.78, 5) is 17.1. The average molecular weight is 387 g/mol. The second kappa shape index (κ2) is 8.09. The third-order valence-electron chi connectivity index (χ3n) is 5.86. The van der Waals surface area contributed by atoms with Crippen LogP contribution < -0.4 is 0 Å². The standard InChI is InChI=1S/C21H29N3O4/c1-3-19-16(11-23-6-4-5-7-23)10-20(27-19)21(26)24-12-15(18(25)13-24)9-17-8-14(2)22-28-17/h8,10,15,18,25H,3-7,9,11-13H2,1-2H3. The summed E-state index contributed by atoms with van der Waals surface area (Å²) >= 11 is 0. The van der Waals surface area contributed by atoms with Crippen molar-refractivity contribution in [3.8, 4) is 0 Å². The second-order valence-electron chi connectivity index (χ2n) is 8.07. The normalized spacial score (nSPS) is 23.0. The highest BCUT2D eigenvalue weighted by Gasteiger charge is 2.36. The monoisotopic (exact) mass is 387 g/mol. The van der Waals surface area contributed by atoms with E-state index in [4.69, 9.17) is 8.94 Å². The van der Waals surface area contributed by atoms with Gasteiger partial charge in [0, 0.05) is 50.0 Å². The minimum Gasteiger partial charge on any atom is -0.456 e. The van der Waals surface area contributed by atoms with Crippen molar-refractivity contribution in [3.05, 3.63) is 40.7 Å². The minimum atomic E-state index is -0.570. The Labute approximate surface area is 165 Å². The predicted molar refractivity (Wildman–Crippen MR) is 103 cm³/mol. The van der Waals surface area contributed by atoms with Crippen LogP contribution in [0.2, 0.25) is 0 Å². The van der Waals surface area contributed by atoms with Crippen molar-refractivity contribution in [2.24, 2.45) is 5.92 Å². The fourth-order valence-electron chi connectivity index (χ4n) is 4.33. The number of rotatable bonds is 6. The SMILES string of the molecule is CCc1oc(C(=O)N2CC(O)C(Cc3cc(C)no3)C2)cc1CN1CCCC1. The van der Waals surface area contributed by atoms with Crippen LogP contribution in [0.4, 0.5) is 0 Å². The molecule has 2 aliphatic rings. The Morgan fingerprint density at radius 3 is 2.75 bits per heavy atom. The number of likely N-dealkylation sites (tertiary alicyclic amines) is 2. The van der Waals surface area contributed by atoms with Crippen molar-refractivity contribution in [1.29, 1.82) is 0 Å². The van der Waals surface area contributed by atoms with Crippen LogP contribution in [-0.2, 0) is 19.4 Å². The number of carbonyl (C=O) groups is 1. The van der Waals surface area contributed by atoms with Gasteiger partial charge >= 0.3 is 0 Å². The van der Waals surface area contributed by atoms with Crippen molar-refractivity contribution < 1.29 is 18.8 Å². The molecular weight excluding hydrogens is 358 g/mol. The highest BCUT2D eigenvalue weighted by atomic mass is 16.5. The molecule has 28 heavy (non-hydrogen) atoms. The quantitative estimate of drug-likeness (QED) is 0.820. The maximum Gasteiger partial charge on any atom is 0.289 e. The number of carbonyl (C=O) groups excluding carboxylic acids is 1. The van der Waals surface area contributed by atoms with E-state index in [1.165, 1.54) is 12.8 Å². The zero-order valence-electron chi connectivity index (χ0n) is 16.7. The number of hydrogen-bond donors (Lipinski definition) is 1. The van der Waals surface area contributed by atoms with Crippen LogP contribution in [-0.4, -0.2) is 58.3 Å². The second-order valence-corrected chi connectivity index (χ2v) is 8.07. The Hall–Kier alpha value is -2.12. The van der Waals surface area contributed by atoms with E-state index in [1.54, 1.807) is 4.90 Å². The van der Waals surface area contributed by atoms with Gasteiger partial charge in [-0.1, -0.05) is 12.1 Å².